The molecule has 5 nitrogen and oxygen atoms in total. The van der Waals surface area contributed by atoms with E-state index in [1.54, 1.807) is 11.4 Å². The zero-order chi connectivity index (χ0) is 13.1. The van der Waals surface area contributed by atoms with Crippen molar-refractivity contribution in [2.45, 2.75) is 30.8 Å². The number of nitrogens with two attached hydrogens (primary N) is 1. The van der Waals surface area contributed by atoms with Gasteiger partial charge in [-0.3, -0.25) is 0 Å². The van der Waals surface area contributed by atoms with E-state index in [4.69, 9.17) is 5.73 Å². The lowest BCUT2D eigenvalue weighted by Gasteiger charge is -2.35. The Bertz CT molecular complexity index is 324. The molecule has 1 rings (SSSR count). The van der Waals surface area contributed by atoms with E-state index in [0.717, 1.165) is 0 Å². The highest BCUT2D eigenvalue weighted by molar-refractivity contribution is 8.00. The molecule has 0 aliphatic carbocycles. The van der Waals surface area contributed by atoms with Crippen LogP contribution in [0.3, 0.4) is 0 Å². The summed E-state index contributed by atoms with van der Waals surface area (Å²) in [4.78, 5) is 0. The van der Waals surface area contributed by atoms with Gasteiger partial charge in [-0.05, 0) is 13.0 Å². The van der Waals surface area contributed by atoms with Crippen molar-refractivity contribution in [2.75, 3.05) is 33.2 Å². The van der Waals surface area contributed by atoms with Gasteiger partial charge in [0.25, 0.3) is 10.2 Å². The van der Waals surface area contributed by atoms with Gasteiger partial charge in [0, 0.05) is 37.2 Å². The molecule has 0 spiro atoms. The van der Waals surface area contributed by atoms with Gasteiger partial charge in [0.2, 0.25) is 0 Å². The van der Waals surface area contributed by atoms with Crippen molar-refractivity contribution in [2.24, 2.45) is 5.73 Å². The van der Waals surface area contributed by atoms with Gasteiger partial charge in [0.05, 0.1) is 0 Å². The van der Waals surface area contributed by atoms with Crippen molar-refractivity contribution in [3.63, 3.8) is 0 Å². The molecular weight excluding hydrogens is 258 g/mol. The molecule has 2 atom stereocenters. The van der Waals surface area contributed by atoms with E-state index in [9.17, 15) is 8.42 Å². The third-order valence-electron chi connectivity index (χ3n) is 2.78. The van der Waals surface area contributed by atoms with Gasteiger partial charge in [-0.1, -0.05) is 13.8 Å². The fourth-order valence-corrected chi connectivity index (χ4v) is 5.04. The van der Waals surface area contributed by atoms with Gasteiger partial charge in [-0.2, -0.15) is 28.8 Å². The predicted molar refractivity (Wildman–Crippen MR) is 73.3 cm³/mol. The fraction of sp³-hybridized carbons (Fsp3) is 1.00. The van der Waals surface area contributed by atoms with Crippen LogP contribution in [0.15, 0.2) is 0 Å². The van der Waals surface area contributed by atoms with Crippen LogP contribution in [0.5, 0.6) is 0 Å². The Hall–Kier alpha value is 0.180. The molecule has 2 N–H and O–H groups in total. The lowest BCUT2D eigenvalue weighted by molar-refractivity contribution is 0.353. The first-order chi connectivity index (χ1) is 7.87. The largest absolute Gasteiger partial charge is 0.330 e. The summed E-state index contributed by atoms with van der Waals surface area (Å²) >= 11 is 1.85. The predicted octanol–water partition coefficient (Wildman–Crippen LogP) is 0.338. The SMILES string of the molecule is CC1CN(S(=O)(=O)N(C)CCCN)CC(C)S1. The minimum atomic E-state index is -3.30. The molecule has 1 saturated heterocycles. The second-order valence-corrected chi connectivity index (χ2v) is 8.46. The molecule has 1 aliphatic heterocycles. The van der Waals surface area contributed by atoms with Crippen LogP contribution in [0.25, 0.3) is 0 Å². The second kappa shape index (κ2) is 6.38. The van der Waals surface area contributed by atoms with E-state index < -0.39 is 10.2 Å². The van der Waals surface area contributed by atoms with Crippen LogP contribution < -0.4 is 5.73 Å². The first-order valence-corrected chi connectivity index (χ1v) is 8.29. The summed E-state index contributed by atoms with van der Waals surface area (Å²) < 4.78 is 27.6. The lowest BCUT2D eigenvalue weighted by Crippen LogP contribution is -2.49. The number of rotatable bonds is 5. The van der Waals surface area contributed by atoms with Gasteiger partial charge >= 0.3 is 0 Å². The molecule has 102 valence electrons. The Morgan fingerprint density at radius 3 is 2.35 bits per heavy atom. The van der Waals surface area contributed by atoms with Gasteiger partial charge in [0.1, 0.15) is 0 Å². The van der Waals surface area contributed by atoms with E-state index in [-0.39, 0.29) is 0 Å². The zero-order valence-corrected chi connectivity index (χ0v) is 12.4. The van der Waals surface area contributed by atoms with Crippen molar-refractivity contribution in [3.05, 3.63) is 0 Å². The molecule has 1 aliphatic rings. The molecule has 1 heterocycles. The number of nitrogens with zero attached hydrogens (tertiary/aromatic N) is 2. The van der Waals surface area contributed by atoms with Crippen LogP contribution in [-0.4, -0.2) is 60.8 Å². The number of hydrogen-bond acceptors (Lipinski definition) is 4. The van der Waals surface area contributed by atoms with Crippen LogP contribution in [0.2, 0.25) is 0 Å². The minimum Gasteiger partial charge on any atom is -0.330 e. The second-order valence-electron chi connectivity index (χ2n) is 4.55. The molecule has 1 fully saturated rings. The van der Waals surface area contributed by atoms with E-state index in [0.29, 0.717) is 43.1 Å². The molecule has 17 heavy (non-hydrogen) atoms. The molecule has 0 bridgehead atoms. The smallest absolute Gasteiger partial charge is 0.281 e. The number of hydrogen-bond donors (Lipinski definition) is 1. The van der Waals surface area contributed by atoms with E-state index in [1.807, 2.05) is 11.8 Å². The van der Waals surface area contributed by atoms with Gasteiger partial charge in [-0.15, -0.1) is 0 Å². The van der Waals surface area contributed by atoms with Crippen molar-refractivity contribution in [1.29, 1.82) is 0 Å². The van der Waals surface area contributed by atoms with Crippen LogP contribution in [0.1, 0.15) is 20.3 Å². The molecule has 0 aromatic carbocycles. The van der Waals surface area contributed by atoms with Crippen molar-refractivity contribution < 1.29 is 8.42 Å². The third-order valence-corrected chi connectivity index (χ3v) is 5.93. The van der Waals surface area contributed by atoms with Gasteiger partial charge in [0.15, 0.2) is 0 Å². The van der Waals surface area contributed by atoms with E-state index in [1.165, 1.54) is 4.31 Å². The Morgan fingerprint density at radius 2 is 1.88 bits per heavy atom. The molecule has 0 saturated carbocycles. The number of thioether (sulfide) groups is 1. The van der Waals surface area contributed by atoms with Crippen LogP contribution in [0.4, 0.5) is 0 Å². The minimum absolute atomic E-state index is 0.358. The summed E-state index contributed by atoms with van der Waals surface area (Å²) in [6, 6.07) is 0. The fourth-order valence-electron chi connectivity index (χ4n) is 1.95. The lowest BCUT2D eigenvalue weighted by atomic mass is 10.4. The molecule has 0 amide bonds. The Morgan fingerprint density at radius 1 is 1.35 bits per heavy atom. The van der Waals surface area contributed by atoms with Crippen molar-refractivity contribution in [1.82, 2.24) is 8.61 Å². The maximum atomic E-state index is 12.3. The normalized spacial score (nSPS) is 27.6. The quantitative estimate of drug-likeness (QED) is 0.789. The molecule has 0 radical (unpaired) electrons. The van der Waals surface area contributed by atoms with Crippen molar-refractivity contribution in [3.8, 4) is 0 Å². The maximum absolute atomic E-state index is 12.3. The zero-order valence-electron chi connectivity index (χ0n) is 10.8. The summed E-state index contributed by atoms with van der Waals surface area (Å²) in [5, 5.41) is 0.716. The highest BCUT2D eigenvalue weighted by atomic mass is 32.2. The molecular formula is C10H23N3O2S2. The van der Waals surface area contributed by atoms with E-state index in [2.05, 4.69) is 13.8 Å². The first kappa shape index (κ1) is 15.2. The van der Waals surface area contributed by atoms with Crippen LogP contribution >= 0.6 is 11.8 Å². The standard InChI is InChI=1S/C10H23N3O2S2/c1-9-7-13(8-10(2)16-9)17(14,15)12(3)6-4-5-11/h9-10H,4-8,11H2,1-3H3. The topological polar surface area (TPSA) is 66.6 Å². The first-order valence-electron chi connectivity index (χ1n) is 5.95. The molecule has 7 heteroatoms. The van der Waals surface area contributed by atoms with Crippen molar-refractivity contribution >= 4 is 22.0 Å². The average molecular weight is 281 g/mol. The highest BCUT2D eigenvalue weighted by Gasteiger charge is 2.33. The summed E-state index contributed by atoms with van der Waals surface area (Å²) in [6.07, 6.45) is 0.698. The van der Waals surface area contributed by atoms with Crippen LogP contribution in [0, 0.1) is 0 Å². The summed E-state index contributed by atoms with van der Waals surface area (Å²) in [7, 11) is -1.68. The molecule has 0 aromatic rings. The van der Waals surface area contributed by atoms with Gasteiger partial charge < -0.3 is 5.73 Å². The average Bonchev–Trinajstić information content (AvgIpc) is 2.24. The van der Waals surface area contributed by atoms with Gasteiger partial charge in [-0.25, -0.2) is 0 Å². The third kappa shape index (κ3) is 4.10. The highest BCUT2D eigenvalue weighted by Crippen LogP contribution is 2.27. The molecule has 0 aromatic heterocycles. The monoisotopic (exact) mass is 281 g/mol. The van der Waals surface area contributed by atoms with E-state index >= 15 is 0 Å². The Labute approximate surface area is 109 Å². The summed E-state index contributed by atoms with van der Waals surface area (Å²) in [5.41, 5.74) is 5.40. The summed E-state index contributed by atoms with van der Waals surface area (Å²) in [5.74, 6) is 0. The summed E-state index contributed by atoms with van der Waals surface area (Å²) in [6.45, 7) is 6.35. The molecule has 2 unspecified atom stereocenters. The Kier molecular flexibility index (Phi) is 5.72. The maximum Gasteiger partial charge on any atom is 0.281 e. The Balaban J connectivity index is 2.68. The van der Waals surface area contributed by atoms with Crippen LogP contribution in [-0.2, 0) is 10.2 Å².